The van der Waals surface area contributed by atoms with Gasteiger partial charge in [-0.2, -0.15) is 0 Å². The lowest BCUT2D eigenvalue weighted by Gasteiger charge is -2.28. The number of hydrogen-bond donors (Lipinski definition) is 1. The maximum absolute atomic E-state index is 13.6. The number of carbonyl (C=O) groups is 1. The molecule has 0 aliphatic rings. The minimum Gasteiger partial charge on any atom is -0.484 e. The highest BCUT2D eigenvalue weighted by Crippen LogP contribution is 2.59. The van der Waals surface area contributed by atoms with Crippen molar-refractivity contribution in [3.8, 4) is 5.75 Å². The first-order chi connectivity index (χ1) is 14.0. The molecule has 8 heteroatoms. The van der Waals surface area contributed by atoms with E-state index in [1.54, 1.807) is 36.4 Å². The van der Waals surface area contributed by atoms with Crippen LogP contribution >= 0.6 is 19.2 Å². The lowest BCUT2D eigenvalue weighted by atomic mass is 10.2. The van der Waals surface area contributed by atoms with E-state index >= 15 is 0 Å². The van der Waals surface area contributed by atoms with Crippen LogP contribution in [0.5, 0.6) is 5.75 Å². The molecular formula is C21H27ClNO5P. The molecule has 1 unspecified atom stereocenters. The zero-order chi connectivity index (χ0) is 21.1. The summed E-state index contributed by atoms with van der Waals surface area (Å²) in [5.74, 6) is -0.856. The van der Waals surface area contributed by atoms with Gasteiger partial charge in [0, 0.05) is 5.02 Å². The predicted octanol–water partition coefficient (Wildman–Crippen LogP) is 5.58. The molecule has 29 heavy (non-hydrogen) atoms. The fraction of sp³-hybridized carbons (Fsp3) is 0.381. The molecule has 1 N–H and O–H groups in total. The van der Waals surface area contributed by atoms with Crippen molar-refractivity contribution in [1.29, 1.82) is 0 Å². The standard InChI is InChI=1S/C21H27ClNO5P/c1-3-14-27-29(25,28-15-4-2)21(17-8-6-5-7-9-17)23-20(24)16-26-19-12-10-18(22)11-13-19/h5-13,21H,3-4,14-16H2,1-2H3,(H,23,24). The van der Waals surface area contributed by atoms with Crippen molar-refractivity contribution in [2.45, 2.75) is 32.5 Å². The summed E-state index contributed by atoms with van der Waals surface area (Å²) in [6, 6.07) is 15.7. The molecule has 0 heterocycles. The van der Waals surface area contributed by atoms with Crippen LogP contribution in [0.15, 0.2) is 54.6 Å². The number of amides is 1. The first-order valence-corrected chi connectivity index (χ1v) is 11.6. The third-order valence-corrected chi connectivity index (χ3v) is 6.26. The topological polar surface area (TPSA) is 73.9 Å². The van der Waals surface area contributed by atoms with Crippen molar-refractivity contribution < 1.29 is 23.1 Å². The molecule has 0 aliphatic carbocycles. The average molecular weight is 440 g/mol. The van der Waals surface area contributed by atoms with Gasteiger partial charge in [0.05, 0.1) is 13.2 Å². The van der Waals surface area contributed by atoms with Crippen molar-refractivity contribution in [2.75, 3.05) is 19.8 Å². The molecule has 0 fully saturated rings. The van der Waals surface area contributed by atoms with Gasteiger partial charge in [-0.3, -0.25) is 9.36 Å². The Kier molecular flexibility index (Phi) is 9.68. The zero-order valence-electron chi connectivity index (χ0n) is 16.7. The molecule has 0 radical (unpaired) electrons. The molecule has 0 spiro atoms. The molecule has 6 nitrogen and oxygen atoms in total. The number of benzene rings is 2. The fourth-order valence-corrected chi connectivity index (χ4v) is 4.69. The zero-order valence-corrected chi connectivity index (χ0v) is 18.3. The molecule has 2 aromatic carbocycles. The maximum atomic E-state index is 13.6. The van der Waals surface area contributed by atoms with Crippen LogP contribution in [0.1, 0.15) is 38.0 Å². The Bertz CT molecular complexity index is 788. The van der Waals surface area contributed by atoms with E-state index in [0.29, 0.717) is 29.2 Å². The van der Waals surface area contributed by atoms with Crippen LogP contribution in [-0.2, 0) is 18.4 Å². The van der Waals surface area contributed by atoms with Crippen LogP contribution < -0.4 is 10.1 Å². The summed E-state index contributed by atoms with van der Waals surface area (Å²) in [6.45, 7) is 4.12. The Hall–Kier alpha value is -1.85. The largest absolute Gasteiger partial charge is 0.484 e. The van der Waals surface area contributed by atoms with Crippen LogP contribution in [-0.4, -0.2) is 25.7 Å². The molecule has 0 saturated heterocycles. The normalized spacial score (nSPS) is 12.4. The minimum absolute atomic E-state index is 0.244. The molecule has 2 rings (SSSR count). The summed E-state index contributed by atoms with van der Waals surface area (Å²) < 4.78 is 30.3. The number of hydrogen-bond acceptors (Lipinski definition) is 5. The lowest BCUT2D eigenvalue weighted by Crippen LogP contribution is -2.33. The highest BCUT2D eigenvalue weighted by atomic mass is 35.5. The van der Waals surface area contributed by atoms with Crippen molar-refractivity contribution in [2.24, 2.45) is 0 Å². The van der Waals surface area contributed by atoms with E-state index in [1.165, 1.54) is 0 Å². The third kappa shape index (κ3) is 7.48. The van der Waals surface area contributed by atoms with E-state index in [9.17, 15) is 9.36 Å². The first-order valence-electron chi connectivity index (χ1n) is 9.60. The molecule has 2 aromatic rings. The van der Waals surface area contributed by atoms with Gasteiger partial charge in [-0.1, -0.05) is 55.8 Å². The second-order valence-electron chi connectivity index (χ2n) is 6.33. The molecule has 158 valence electrons. The van der Waals surface area contributed by atoms with Crippen LogP contribution in [0.2, 0.25) is 5.02 Å². The van der Waals surface area contributed by atoms with Gasteiger partial charge in [0.2, 0.25) is 0 Å². The number of rotatable bonds is 12. The summed E-state index contributed by atoms with van der Waals surface area (Å²) in [7, 11) is -3.65. The van der Waals surface area contributed by atoms with Crippen LogP contribution in [0.3, 0.4) is 0 Å². The highest BCUT2D eigenvalue weighted by Gasteiger charge is 2.38. The highest BCUT2D eigenvalue weighted by molar-refractivity contribution is 7.54. The van der Waals surface area contributed by atoms with Crippen LogP contribution in [0.4, 0.5) is 0 Å². The lowest BCUT2D eigenvalue weighted by molar-refractivity contribution is -0.123. The number of ether oxygens (including phenoxy) is 1. The Balaban J connectivity index is 2.17. The van der Waals surface area contributed by atoms with Gasteiger partial charge in [-0.05, 0) is 42.7 Å². The Morgan fingerprint density at radius 3 is 2.14 bits per heavy atom. The smallest absolute Gasteiger partial charge is 0.357 e. The minimum atomic E-state index is -3.65. The summed E-state index contributed by atoms with van der Waals surface area (Å²) in [5.41, 5.74) is 0.642. The van der Waals surface area contributed by atoms with Crippen molar-refractivity contribution in [3.63, 3.8) is 0 Å². The molecule has 0 bridgehead atoms. The van der Waals surface area contributed by atoms with Gasteiger partial charge in [-0.25, -0.2) is 0 Å². The van der Waals surface area contributed by atoms with Crippen molar-refractivity contribution in [1.82, 2.24) is 5.32 Å². The van der Waals surface area contributed by atoms with Gasteiger partial charge < -0.3 is 19.1 Å². The van der Waals surface area contributed by atoms with Gasteiger partial charge in [0.25, 0.3) is 5.91 Å². The van der Waals surface area contributed by atoms with Crippen LogP contribution in [0, 0.1) is 0 Å². The van der Waals surface area contributed by atoms with Crippen molar-refractivity contribution >= 4 is 25.1 Å². The van der Waals surface area contributed by atoms with E-state index in [0.717, 1.165) is 0 Å². The Morgan fingerprint density at radius 2 is 1.59 bits per heavy atom. The van der Waals surface area contributed by atoms with E-state index in [4.69, 9.17) is 25.4 Å². The molecule has 0 saturated carbocycles. The van der Waals surface area contributed by atoms with Crippen molar-refractivity contribution in [3.05, 3.63) is 65.2 Å². The predicted molar refractivity (Wildman–Crippen MR) is 114 cm³/mol. The SMILES string of the molecule is CCCOP(=O)(OCCC)C(NC(=O)COc1ccc(Cl)cc1)c1ccccc1. The number of halogens is 1. The molecule has 0 aliphatic heterocycles. The molecule has 0 aromatic heterocycles. The quantitative estimate of drug-likeness (QED) is 0.437. The summed E-state index contributed by atoms with van der Waals surface area (Å²) in [5, 5.41) is 3.35. The van der Waals surface area contributed by atoms with E-state index < -0.39 is 19.3 Å². The molecule has 1 amide bonds. The number of nitrogens with one attached hydrogen (secondary N) is 1. The second kappa shape index (κ2) is 12.0. The van der Waals surface area contributed by atoms with Gasteiger partial charge in [0.15, 0.2) is 12.4 Å². The summed E-state index contributed by atoms with van der Waals surface area (Å²) in [6.07, 6.45) is 1.35. The Labute approximate surface area is 177 Å². The van der Waals surface area contributed by atoms with E-state index in [1.807, 2.05) is 32.0 Å². The maximum Gasteiger partial charge on any atom is 0.357 e. The van der Waals surface area contributed by atoms with Gasteiger partial charge in [0.1, 0.15) is 5.75 Å². The van der Waals surface area contributed by atoms with E-state index in [2.05, 4.69) is 5.32 Å². The molecule has 1 atom stereocenters. The summed E-state index contributed by atoms with van der Waals surface area (Å²) in [4.78, 5) is 12.6. The van der Waals surface area contributed by atoms with Crippen LogP contribution in [0.25, 0.3) is 0 Å². The third-order valence-electron chi connectivity index (χ3n) is 3.86. The molecular weight excluding hydrogens is 413 g/mol. The first kappa shape index (κ1) is 23.4. The summed E-state index contributed by atoms with van der Waals surface area (Å²) >= 11 is 5.85. The average Bonchev–Trinajstić information content (AvgIpc) is 2.75. The van der Waals surface area contributed by atoms with Gasteiger partial charge in [-0.15, -0.1) is 0 Å². The number of carbonyl (C=O) groups excluding carboxylic acids is 1. The fourth-order valence-electron chi connectivity index (χ4n) is 2.48. The monoisotopic (exact) mass is 439 g/mol. The van der Waals surface area contributed by atoms with E-state index in [-0.39, 0.29) is 19.8 Å². The Morgan fingerprint density at radius 1 is 1.00 bits per heavy atom. The second-order valence-corrected chi connectivity index (χ2v) is 8.88. The van der Waals surface area contributed by atoms with Gasteiger partial charge >= 0.3 is 7.60 Å².